The van der Waals surface area contributed by atoms with Crippen LogP contribution in [0.4, 0.5) is 10.1 Å². The Labute approximate surface area is 131 Å². The van der Waals surface area contributed by atoms with Crippen LogP contribution < -0.4 is 5.32 Å². The van der Waals surface area contributed by atoms with Gasteiger partial charge >= 0.3 is 0 Å². The third-order valence-corrected chi connectivity index (χ3v) is 3.16. The van der Waals surface area contributed by atoms with Crippen molar-refractivity contribution in [3.05, 3.63) is 66.4 Å². The monoisotopic (exact) mass is 306 g/mol. The van der Waals surface area contributed by atoms with Crippen molar-refractivity contribution in [2.45, 2.75) is 0 Å². The van der Waals surface area contributed by atoms with Crippen LogP contribution in [0, 0.1) is 17.1 Å². The maximum atomic E-state index is 13.1. The largest absolute Gasteiger partial charge is 0.360 e. The molecule has 23 heavy (non-hydrogen) atoms. The van der Waals surface area contributed by atoms with Gasteiger partial charge in [-0.25, -0.2) is 4.39 Å². The molecule has 7 heteroatoms. The Hall–Kier alpha value is -3.53. The molecule has 112 valence electrons. The molecule has 0 amide bonds. The van der Waals surface area contributed by atoms with E-state index >= 15 is 0 Å². The third-order valence-electron chi connectivity index (χ3n) is 3.16. The highest BCUT2D eigenvalue weighted by atomic mass is 19.1. The van der Waals surface area contributed by atoms with Gasteiger partial charge in [0.25, 0.3) is 0 Å². The van der Waals surface area contributed by atoms with Gasteiger partial charge in [0.05, 0.1) is 0 Å². The van der Waals surface area contributed by atoms with E-state index in [1.165, 1.54) is 18.3 Å². The highest BCUT2D eigenvalue weighted by Crippen LogP contribution is 2.28. The first kappa shape index (κ1) is 14.4. The molecule has 0 bridgehead atoms. The van der Waals surface area contributed by atoms with Crippen molar-refractivity contribution in [3.63, 3.8) is 0 Å². The summed E-state index contributed by atoms with van der Waals surface area (Å²) in [6, 6.07) is 15.7. The number of aromatic nitrogens is 4. The number of nitrogens with one attached hydrogen (secondary N) is 2. The molecular formula is C16H11FN6. The van der Waals surface area contributed by atoms with Crippen molar-refractivity contribution in [2.75, 3.05) is 5.32 Å². The topological polar surface area (TPSA) is 90.3 Å². The number of nitrogens with zero attached hydrogens (tertiary/aromatic N) is 4. The van der Waals surface area contributed by atoms with E-state index in [2.05, 4.69) is 25.9 Å². The molecule has 6 nitrogen and oxygen atoms in total. The van der Waals surface area contributed by atoms with Crippen LogP contribution in [0.25, 0.3) is 16.7 Å². The fraction of sp³-hybridized carbons (Fsp3) is 0. The number of aromatic amines is 1. The van der Waals surface area contributed by atoms with Gasteiger partial charge in [-0.15, -0.1) is 10.2 Å². The average Bonchev–Trinajstić information content (AvgIpc) is 3.11. The van der Waals surface area contributed by atoms with Gasteiger partial charge in [0.1, 0.15) is 17.5 Å². The first-order valence-electron chi connectivity index (χ1n) is 6.73. The molecule has 0 aliphatic rings. The summed E-state index contributed by atoms with van der Waals surface area (Å²) in [5.74, 6) is -0.0813. The van der Waals surface area contributed by atoms with Crippen LogP contribution >= 0.6 is 0 Å². The number of nitriles is 1. The first-order valence-corrected chi connectivity index (χ1v) is 6.73. The smallest absolute Gasteiger partial charge is 0.216 e. The van der Waals surface area contributed by atoms with Gasteiger partial charge in [-0.1, -0.05) is 30.3 Å². The van der Waals surface area contributed by atoms with Crippen LogP contribution in [-0.2, 0) is 0 Å². The predicted molar refractivity (Wildman–Crippen MR) is 83.2 cm³/mol. The number of halogens is 1. The van der Waals surface area contributed by atoms with Crippen molar-refractivity contribution in [1.82, 2.24) is 20.6 Å². The minimum absolute atomic E-state index is 0.208. The lowest BCUT2D eigenvalue weighted by Crippen LogP contribution is -1.95. The normalized spacial score (nSPS) is 11.0. The Morgan fingerprint density at radius 2 is 1.96 bits per heavy atom. The van der Waals surface area contributed by atoms with Crippen molar-refractivity contribution < 1.29 is 4.39 Å². The summed E-state index contributed by atoms with van der Waals surface area (Å²) >= 11 is 0. The lowest BCUT2D eigenvalue weighted by Gasteiger charge is -2.09. The molecule has 1 aromatic heterocycles. The zero-order valence-electron chi connectivity index (χ0n) is 11.9. The van der Waals surface area contributed by atoms with E-state index in [9.17, 15) is 9.65 Å². The van der Waals surface area contributed by atoms with E-state index in [0.717, 1.165) is 16.8 Å². The summed E-state index contributed by atoms with van der Waals surface area (Å²) in [5, 5.41) is 25.5. The van der Waals surface area contributed by atoms with E-state index in [4.69, 9.17) is 0 Å². The SMILES string of the molecule is N#CC(=CNc1ccccc1-c1ccc(F)cc1)c1nn[nH]n1. The Kier molecular flexibility index (Phi) is 4.07. The number of allylic oxidation sites excluding steroid dienone is 1. The van der Waals surface area contributed by atoms with Crippen LogP contribution in [0.2, 0.25) is 0 Å². The minimum Gasteiger partial charge on any atom is -0.360 e. The second-order valence-electron chi connectivity index (χ2n) is 4.60. The Balaban J connectivity index is 1.92. The van der Waals surface area contributed by atoms with Crippen LogP contribution in [0.15, 0.2) is 54.7 Å². The van der Waals surface area contributed by atoms with Crippen LogP contribution in [0.3, 0.4) is 0 Å². The molecule has 1 heterocycles. The molecule has 0 aliphatic carbocycles. The van der Waals surface area contributed by atoms with Gasteiger partial charge in [0, 0.05) is 17.5 Å². The minimum atomic E-state index is -0.289. The van der Waals surface area contributed by atoms with Crippen molar-refractivity contribution in [1.29, 1.82) is 5.26 Å². The maximum Gasteiger partial charge on any atom is 0.216 e. The lowest BCUT2D eigenvalue weighted by molar-refractivity contribution is 0.628. The lowest BCUT2D eigenvalue weighted by atomic mass is 10.0. The first-order chi connectivity index (χ1) is 11.3. The molecule has 0 atom stereocenters. The molecule has 0 spiro atoms. The molecule has 0 unspecified atom stereocenters. The van der Waals surface area contributed by atoms with Crippen LogP contribution in [0.5, 0.6) is 0 Å². The molecule has 2 N–H and O–H groups in total. The number of hydrogen-bond acceptors (Lipinski definition) is 5. The number of hydrogen-bond donors (Lipinski definition) is 2. The summed E-state index contributed by atoms with van der Waals surface area (Å²) in [6.45, 7) is 0. The second kappa shape index (κ2) is 6.49. The molecule has 0 aliphatic heterocycles. The molecular weight excluding hydrogens is 295 g/mol. The van der Waals surface area contributed by atoms with Crippen molar-refractivity contribution in [3.8, 4) is 17.2 Å². The molecule has 2 aromatic carbocycles. The second-order valence-corrected chi connectivity index (χ2v) is 4.60. The fourth-order valence-corrected chi connectivity index (χ4v) is 2.06. The van der Waals surface area contributed by atoms with Crippen LogP contribution in [0.1, 0.15) is 5.82 Å². The molecule has 0 radical (unpaired) electrons. The molecule has 3 aromatic rings. The van der Waals surface area contributed by atoms with Gasteiger partial charge in [-0.05, 0) is 29.0 Å². The van der Waals surface area contributed by atoms with E-state index < -0.39 is 0 Å². The summed E-state index contributed by atoms with van der Waals surface area (Å²) in [4.78, 5) is 0. The number of tetrazole rings is 1. The van der Waals surface area contributed by atoms with Gasteiger partial charge in [-0.2, -0.15) is 10.5 Å². The zero-order chi connectivity index (χ0) is 16.1. The fourth-order valence-electron chi connectivity index (χ4n) is 2.06. The van der Waals surface area contributed by atoms with E-state index in [1.807, 2.05) is 30.3 Å². The summed E-state index contributed by atoms with van der Waals surface area (Å²) in [7, 11) is 0. The quantitative estimate of drug-likeness (QED) is 0.723. The summed E-state index contributed by atoms with van der Waals surface area (Å²) in [5.41, 5.74) is 2.76. The highest BCUT2D eigenvalue weighted by Gasteiger charge is 2.07. The summed E-state index contributed by atoms with van der Waals surface area (Å²) < 4.78 is 13.1. The molecule has 0 saturated carbocycles. The van der Waals surface area contributed by atoms with Gasteiger partial charge in [0.2, 0.25) is 5.82 Å². The van der Waals surface area contributed by atoms with Crippen molar-refractivity contribution >= 4 is 11.3 Å². The average molecular weight is 306 g/mol. The Bertz CT molecular complexity index is 862. The van der Waals surface area contributed by atoms with Gasteiger partial charge < -0.3 is 5.32 Å². The van der Waals surface area contributed by atoms with E-state index in [-0.39, 0.29) is 17.2 Å². The Morgan fingerprint density at radius 1 is 1.17 bits per heavy atom. The van der Waals surface area contributed by atoms with Gasteiger partial charge in [-0.3, -0.25) is 0 Å². The number of H-pyrrole nitrogens is 1. The number of para-hydroxylation sites is 1. The zero-order valence-corrected chi connectivity index (χ0v) is 11.9. The van der Waals surface area contributed by atoms with Crippen molar-refractivity contribution in [2.24, 2.45) is 0 Å². The third kappa shape index (κ3) is 3.22. The maximum absolute atomic E-state index is 13.1. The Morgan fingerprint density at radius 3 is 2.65 bits per heavy atom. The van der Waals surface area contributed by atoms with Gasteiger partial charge in [0.15, 0.2) is 0 Å². The molecule has 0 fully saturated rings. The number of anilines is 1. The number of rotatable bonds is 4. The van der Waals surface area contributed by atoms with E-state index in [0.29, 0.717) is 0 Å². The summed E-state index contributed by atoms with van der Waals surface area (Å²) in [6.07, 6.45) is 1.51. The predicted octanol–water partition coefficient (Wildman–Crippen LogP) is 2.98. The number of benzene rings is 2. The standard InChI is InChI=1S/C16H11FN6/c17-13-7-5-11(6-8-13)14-3-1-2-4-15(14)19-10-12(9-18)16-20-22-23-21-16/h1-8,10,19H,(H,20,21,22,23). The van der Waals surface area contributed by atoms with E-state index in [1.54, 1.807) is 12.1 Å². The molecule has 3 rings (SSSR count). The van der Waals surface area contributed by atoms with Crippen LogP contribution in [-0.4, -0.2) is 20.6 Å². The molecule has 0 saturated heterocycles. The highest BCUT2D eigenvalue weighted by molar-refractivity contribution is 5.81.